The van der Waals surface area contributed by atoms with Crippen molar-refractivity contribution in [3.63, 3.8) is 0 Å². The molecule has 0 spiro atoms. The van der Waals surface area contributed by atoms with Crippen LogP contribution in [-0.2, 0) is 6.54 Å². The van der Waals surface area contributed by atoms with Gasteiger partial charge in [0.05, 0.1) is 5.69 Å². The summed E-state index contributed by atoms with van der Waals surface area (Å²) in [5, 5.41) is 6.79. The van der Waals surface area contributed by atoms with E-state index in [0.29, 0.717) is 17.9 Å². The first-order valence-corrected chi connectivity index (χ1v) is 8.19. The van der Waals surface area contributed by atoms with Crippen molar-refractivity contribution in [1.29, 1.82) is 0 Å². The van der Waals surface area contributed by atoms with Crippen LogP contribution < -0.4 is 10.2 Å². The maximum Gasteiger partial charge on any atom is 0.185 e. The molecule has 0 saturated heterocycles. The first-order chi connectivity index (χ1) is 8.90. The molecule has 110 valence electrons. The van der Waals surface area contributed by atoms with Crippen molar-refractivity contribution >= 4 is 16.5 Å². The van der Waals surface area contributed by atoms with Crippen molar-refractivity contribution in [3.8, 4) is 0 Å². The molecule has 1 aromatic rings. The number of thiazole rings is 1. The standard InChI is InChI=1S/C15H29N3S/c1-11(2)7-16-8-14-10-19-15(17-14)18(13(5)6)9-12(3)4/h10-13,16H,7-9H2,1-6H3. The fraction of sp³-hybridized carbons (Fsp3) is 0.800. The minimum Gasteiger partial charge on any atom is -0.345 e. The molecule has 0 bridgehead atoms. The van der Waals surface area contributed by atoms with Gasteiger partial charge in [0.1, 0.15) is 0 Å². The van der Waals surface area contributed by atoms with Gasteiger partial charge in [-0.05, 0) is 32.2 Å². The Hall–Kier alpha value is -0.610. The molecule has 0 atom stereocenters. The van der Waals surface area contributed by atoms with E-state index in [4.69, 9.17) is 4.98 Å². The van der Waals surface area contributed by atoms with Crippen molar-refractivity contribution in [2.75, 3.05) is 18.0 Å². The second kappa shape index (κ2) is 7.85. The Morgan fingerprint density at radius 1 is 1.16 bits per heavy atom. The Morgan fingerprint density at radius 2 is 1.84 bits per heavy atom. The van der Waals surface area contributed by atoms with Gasteiger partial charge in [-0.15, -0.1) is 11.3 Å². The van der Waals surface area contributed by atoms with Crippen LogP contribution in [0, 0.1) is 11.8 Å². The smallest absolute Gasteiger partial charge is 0.185 e. The van der Waals surface area contributed by atoms with Crippen LogP contribution in [0.4, 0.5) is 5.13 Å². The molecule has 0 aliphatic rings. The molecule has 0 unspecified atom stereocenters. The van der Waals surface area contributed by atoms with Gasteiger partial charge in [-0.25, -0.2) is 4.98 Å². The van der Waals surface area contributed by atoms with Crippen LogP contribution in [-0.4, -0.2) is 24.1 Å². The molecule has 0 amide bonds. The zero-order chi connectivity index (χ0) is 14.4. The third kappa shape index (κ3) is 5.91. The maximum absolute atomic E-state index is 4.76. The van der Waals surface area contributed by atoms with Crippen molar-refractivity contribution in [3.05, 3.63) is 11.1 Å². The molecule has 3 nitrogen and oxygen atoms in total. The minimum absolute atomic E-state index is 0.505. The first kappa shape index (κ1) is 16.4. The van der Waals surface area contributed by atoms with E-state index in [1.54, 1.807) is 11.3 Å². The number of anilines is 1. The lowest BCUT2D eigenvalue weighted by molar-refractivity contribution is 0.547. The highest BCUT2D eigenvalue weighted by Gasteiger charge is 2.15. The Labute approximate surface area is 122 Å². The summed E-state index contributed by atoms with van der Waals surface area (Å²) < 4.78 is 0. The first-order valence-electron chi connectivity index (χ1n) is 7.32. The summed E-state index contributed by atoms with van der Waals surface area (Å²) in [5.74, 6) is 1.35. The fourth-order valence-corrected chi connectivity index (χ4v) is 2.87. The van der Waals surface area contributed by atoms with Crippen molar-refractivity contribution in [2.45, 2.75) is 54.1 Å². The van der Waals surface area contributed by atoms with Gasteiger partial charge in [0, 0.05) is 24.5 Å². The molecule has 19 heavy (non-hydrogen) atoms. The average molecular weight is 283 g/mol. The Bertz CT molecular complexity index is 358. The van der Waals surface area contributed by atoms with Gasteiger partial charge >= 0.3 is 0 Å². The van der Waals surface area contributed by atoms with Gasteiger partial charge in [0.25, 0.3) is 0 Å². The molecule has 1 heterocycles. The third-order valence-electron chi connectivity index (χ3n) is 2.83. The molecule has 0 aliphatic heterocycles. The summed E-state index contributed by atoms with van der Waals surface area (Å²) >= 11 is 1.76. The summed E-state index contributed by atoms with van der Waals surface area (Å²) in [5.41, 5.74) is 1.16. The number of nitrogens with one attached hydrogen (secondary N) is 1. The van der Waals surface area contributed by atoms with Crippen LogP contribution in [0.15, 0.2) is 5.38 Å². The molecular weight excluding hydrogens is 254 g/mol. The SMILES string of the molecule is CC(C)CNCc1csc(N(CC(C)C)C(C)C)n1. The van der Waals surface area contributed by atoms with Gasteiger partial charge in [-0.2, -0.15) is 0 Å². The zero-order valence-corrected chi connectivity index (χ0v) is 14.0. The molecular formula is C15H29N3S. The zero-order valence-electron chi connectivity index (χ0n) is 13.2. The van der Waals surface area contributed by atoms with E-state index in [2.05, 4.69) is 57.1 Å². The highest BCUT2D eigenvalue weighted by Crippen LogP contribution is 2.23. The monoisotopic (exact) mass is 283 g/mol. The van der Waals surface area contributed by atoms with Crippen molar-refractivity contribution in [2.24, 2.45) is 11.8 Å². The van der Waals surface area contributed by atoms with Gasteiger partial charge in [-0.1, -0.05) is 27.7 Å². The van der Waals surface area contributed by atoms with Crippen molar-refractivity contribution < 1.29 is 0 Å². The third-order valence-corrected chi connectivity index (χ3v) is 3.76. The fourth-order valence-electron chi connectivity index (χ4n) is 1.90. The van der Waals surface area contributed by atoms with Crippen LogP contribution >= 0.6 is 11.3 Å². The minimum atomic E-state index is 0.505. The molecule has 1 rings (SSSR count). The Balaban J connectivity index is 2.60. The molecule has 4 heteroatoms. The second-order valence-corrected chi connectivity index (χ2v) is 7.12. The summed E-state index contributed by atoms with van der Waals surface area (Å²) in [6.07, 6.45) is 0. The lowest BCUT2D eigenvalue weighted by Crippen LogP contribution is -2.34. The van der Waals surface area contributed by atoms with Crippen LogP contribution in [0.25, 0.3) is 0 Å². The Morgan fingerprint density at radius 3 is 2.37 bits per heavy atom. The van der Waals surface area contributed by atoms with Gasteiger partial charge in [0.2, 0.25) is 0 Å². The summed E-state index contributed by atoms with van der Waals surface area (Å²) in [4.78, 5) is 7.17. The lowest BCUT2D eigenvalue weighted by atomic mass is 10.2. The molecule has 0 radical (unpaired) electrons. The van der Waals surface area contributed by atoms with E-state index in [1.165, 1.54) is 0 Å². The van der Waals surface area contributed by atoms with E-state index < -0.39 is 0 Å². The van der Waals surface area contributed by atoms with Gasteiger partial charge in [0.15, 0.2) is 5.13 Å². The highest BCUT2D eigenvalue weighted by molar-refractivity contribution is 7.13. The number of aromatic nitrogens is 1. The highest BCUT2D eigenvalue weighted by atomic mass is 32.1. The van der Waals surface area contributed by atoms with E-state index >= 15 is 0 Å². The quantitative estimate of drug-likeness (QED) is 0.787. The lowest BCUT2D eigenvalue weighted by Gasteiger charge is -2.27. The number of hydrogen-bond donors (Lipinski definition) is 1. The van der Waals surface area contributed by atoms with E-state index in [9.17, 15) is 0 Å². The molecule has 0 fully saturated rings. The van der Waals surface area contributed by atoms with E-state index in [0.717, 1.165) is 30.5 Å². The normalized spacial score (nSPS) is 11.8. The number of hydrogen-bond acceptors (Lipinski definition) is 4. The topological polar surface area (TPSA) is 28.2 Å². The molecule has 1 N–H and O–H groups in total. The van der Waals surface area contributed by atoms with E-state index in [-0.39, 0.29) is 0 Å². The summed E-state index contributed by atoms with van der Waals surface area (Å²) in [6.45, 7) is 16.4. The second-order valence-electron chi connectivity index (χ2n) is 6.29. The summed E-state index contributed by atoms with van der Waals surface area (Å²) in [7, 11) is 0. The van der Waals surface area contributed by atoms with Crippen LogP contribution in [0.1, 0.15) is 47.2 Å². The van der Waals surface area contributed by atoms with E-state index in [1.807, 2.05) is 0 Å². The molecule has 0 saturated carbocycles. The average Bonchev–Trinajstić information content (AvgIpc) is 2.73. The molecule has 0 aliphatic carbocycles. The van der Waals surface area contributed by atoms with Crippen LogP contribution in [0.3, 0.4) is 0 Å². The Kier molecular flexibility index (Phi) is 6.80. The molecule has 0 aromatic carbocycles. The largest absolute Gasteiger partial charge is 0.345 e. The number of rotatable bonds is 8. The predicted molar refractivity (Wildman–Crippen MR) is 86.0 cm³/mol. The van der Waals surface area contributed by atoms with Gasteiger partial charge < -0.3 is 10.2 Å². The predicted octanol–water partition coefficient (Wildman–Crippen LogP) is 3.76. The van der Waals surface area contributed by atoms with Crippen LogP contribution in [0.5, 0.6) is 0 Å². The summed E-state index contributed by atoms with van der Waals surface area (Å²) in [6, 6.07) is 0.505. The van der Waals surface area contributed by atoms with Gasteiger partial charge in [-0.3, -0.25) is 0 Å². The molecule has 1 aromatic heterocycles. The van der Waals surface area contributed by atoms with Crippen molar-refractivity contribution in [1.82, 2.24) is 10.3 Å². The maximum atomic E-state index is 4.76. The number of nitrogens with zero attached hydrogens (tertiary/aromatic N) is 2. The van der Waals surface area contributed by atoms with Crippen LogP contribution in [0.2, 0.25) is 0 Å².